The zero-order valence-electron chi connectivity index (χ0n) is 12.7. The Morgan fingerprint density at radius 1 is 1.25 bits per heavy atom. The second-order valence-electron chi connectivity index (χ2n) is 4.79. The van der Waals surface area contributed by atoms with Crippen molar-refractivity contribution >= 4 is 17.7 Å². The molecule has 0 radical (unpaired) electrons. The van der Waals surface area contributed by atoms with E-state index in [4.69, 9.17) is 4.74 Å². The molecule has 0 amide bonds. The molecule has 0 aromatic heterocycles. The summed E-state index contributed by atoms with van der Waals surface area (Å²) in [7, 11) is -9.45. The van der Waals surface area contributed by atoms with Gasteiger partial charge in [-0.3, -0.25) is 13.3 Å². The average Bonchev–Trinajstić information content (AvgIpc) is 2.44. The number of hydrogen-bond donors (Lipinski definition) is 1. The van der Waals surface area contributed by atoms with Crippen LogP contribution in [0.3, 0.4) is 0 Å². The second-order valence-corrected chi connectivity index (χ2v) is 8.17. The van der Waals surface area contributed by atoms with Gasteiger partial charge >= 0.3 is 13.8 Å². The zero-order valence-corrected chi connectivity index (χ0v) is 14.4. The lowest BCUT2D eigenvalue weighted by Crippen LogP contribution is -2.16. The molecule has 0 saturated heterocycles. The molecule has 138 valence electrons. The Balaban J connectivity index is 2.87. The molecule has 7 nitrogen and oxygen atoms in total. The summed E-state index contributed by atoms with van der Waals surface area (Å²) in [6.45, 7) is 2.65. The molecule has 0 aliphatic rings. The molecule has 1 aromatic rings. The Bertz CT molecular complexity index is 703. The lowest BCUT2D eigenvalue weighted by Gasteiger charge is -2.15. The van der Waals surface area contributed by atoms with Crippen LogP contribution in [0.1, 0.15) is 19.4 Å². The first-order chi connectivity index (χ1) is 10.9. The van der Waals surface area contributed by atoms with Crippen LogP contribution in [0, 0.1) is 0 Å². The van der Waals surface area contributed by atoms with E-state index in [1.54, 1.807) is 13.8 Å². The van der Waals surface area contributed by atoms with Gasteiger partial charge in [0.25, 0.3) is 10.1 Å². The van der Waals surface area contributed by atoms with Crippen LogP contribution in [0.4, 0.5) is 13.2 Å². The van der Waals surface area contributed by atoms with Crippen LogP contribution >= 0.6 is 7.60 Å². The van der Waals surface area contributed by atoms with Gasteiger partial charge in [-0.15, -0.1) is 0 Å². The molecule has 1 atom stereocenters. The fraction of sp³-hybridized carbons (Fsp3) is 0.500. The van der Waals surface area contributed by atoms with Crippen molar-refractivity contribution in [1.29, 1.82) is 0 Å². The normalized spacial score (nSPS) is 15.5. The SMILES string of the molecule is CC(C)OCOP(=O)(O)COS(=O)(=O)c1ccccc1C(F)(F)F. The number of benzene rings is 1. The lowest BCUT2D eigenvalue weighted by molar-refractivity contribution is -0.140. The van der Waals surface area contributed by atoms with E-state index in [1.807, 2.05) is 0 Å². The molecule has 0 aliphatic heterocycles. The number of rotatable bonds is 8. The maximum Gasteiger partial charge on any atom is 0.417 e. The third kappa shape index (κ3) is 6.50. The summed E-state index contributed by atoms with van der Waals surface area (Å²) in [6.07, 6.45) is -6.59. The van der Waals surface area contributed by atoms with Crippen molar-refractivity contribution in [1.82, 2.24) is 0 Å². The smallest absolute Gasteiger partial charge is 0.352 e. The topological polar surface area (TPSA) is 99.1 Å². The Morgan fingerprint density at radius 3 is 2.38 bits per heavy atom. The maximum absolute atomic E-state index is 12.8. The van der Waals surface area contributed by atoms with Crippen LogP contribution in [0.15, 0.2) is 29.2 Å². The van der Waals surface area contributed by atoms with E-state index in [9.17, 15) is 31.0 Å². The molecular weight excluding hydrogens is 376 g/mol. The average molecular weight is 392 g/mol. The Kier molecular flexibility index (Phi) is 6.97. The molecule has 12 heteroatoms. The number of ether oxygens (including phenoxy) is 1. The van der Waals surface area contributed by atoms with Crippen LogP contribution < -0.4 is 0 Å². The predicted octanol–water partition coefficient (Wildman–Crippen LogP) is 2.95. The first-order valence-electron chi connectivity index (χ1n) is 6.49. The first kappa shape index (κ1) is 21.1. The molecule has 1 rings (SSSR count). The highest BCUT2D eigenvalue weighted by Gasteiger charge is 2.38. The van der Waals surface area contributed by atoms with Gasteiger partial charge in [0.15, 0.2) is 13.1 Å². The summed E-state index contributed by atoms with van der Waals surface area (Å²) in [6, 6.07) is 3.31. The third-order valence-electron chi connectivity index (χ3n) is 2.49. The number of hydrogen-bond acceptors (Lipinski definition) is 6. The molecule has 1 unspecified atom stereocenters. The minimum atomic E-state index is -4.93. The van der Waals surface area contributed by atoms with E-state index < -0.39 is 47.5 Å². The van der Waals surface area contributed by atoms with Gasteiger partial charge in [0.05, 0.1) is 11.7 Å². The van der Waals surface area contributed by atoms with E-state index in [0.29, 0.717) is 12.1 Å². The fourth-order valence-electron chi connectivity index (χ4n) is 1.40. The van der Waals surface area contributed by atoms with Gasteiger partial charge in [-0.1, -0.05) is 12.1 Å². The highest BCUT2D eigenvalue weighted by atomic mass is 32.2. The molecule has 1 aromatic carbocycles. The highest BCUT2D eigenvalue weighted by molar-refractivity contribution is 7.87. The van der Waals surface area contributed by atoms with Crippen LogP contribution in [-0.2, 0) is 34.3 Å². The van der Waals surface area contributed by atoms with Crippen LogP contribution in [0.25, 0.3) is 0 Å². The molecule has 0 fully saturated rings. The van der Waals surface area contributed by atoms with Gasteiger partial charge in [-0.2, -0.15) is 21.6 Å². The second kappa shape index (κ2) is 7.94. The van der Waals surface area contributed by atoms with Gasteiger partial charge in [-0.05, 0) is 26.0 Å². The van der Waals surface area contributed by atoms with E-state index in [0.717, 1.165) is 12.1 Å². The summed E-state index contributed by atoms with van der Waals surface area (Å²) in [5, 5.41) is 0. The van der Waals surface area contributed by atoms with E-state index in [2.05, 4.69) is 8.71 Å². The third-order valence-corrected chi connectivity index (χ3v) is 4.95. The molecule has 0 heterocycles. The van der Waals surface area contributed by atoms with Crippen LogP contribution in [0.2, 0.25) is 0 Å². The Hall–Kier alpha value is -0.970. The van der Waals surface area contributed by atoms with Gasteiger partial charge in [0.2, 0.25) is 0 Å². The van der Waals surface area contributed by atoms with Gasteiger partial charge < -0.3 is 9.63 Å². The minimum absolute atomic E-state index is 0.312. The highest BCUT2D eigenvalue weighted by Crippen LogP contribution is 2.43. The number of halogens is 3. The van der Waals surface area contributed by atoms with Crippen molar-refractivity contribution in [2.45, 2.75) is 31.0 Å². The first-order valence-corrected chi connectivity index (χ1v) is 9.66. The Labute approximate surface area is 137 Å². The van der Waals surface area contributed by atoms with E-state index >= 15 is 0 Å². The van der Waals surface area contributed by atoms with Gasteiger partial charge in [0.1, 0.15) is 4.90 Å². The summed E-state index contributed by atoms with van der Waals surface area (Å²) in [4.78, 5) is 8.25. The minimum Gasteiger partial charge on any atom is -0.352 e. The summed E-state index contributed by atoms with van der Waals surface area (Å²) < 4.78 is 87.4. The molecular formula is C12H16F3O7PS. The lowest BCUT2D eigenvalue weighted by atomic mass is 10.2. The van der Waals surface area contributed by atoms with Crippen molar-refractivity contribution in [3.63, 3.8) is 0 Å². The van der Waals surface area contributed by atoms with Gasteiger partial charge in [0, 0.05) is 0 Å². The maximum atomic E-state index is 12.8. The van der Waals surface area contributed by atoms with Crippen LogP contribution in [-0.4, -0.2) is 32.6 Å². The zero-order chi connectivity index (χ0) is 18.6. The van der Waals surface area contributed by atoms with Gasteiger partial charge in [-0.25, -0.2) is 0 Å². The summed E-state index contributed by atoms with van der Waals surface area (Å²) in [5.41, 5.74) is -1.44. The van der Waals surface area contributed by atoms with E-state index in [1.165, 1.54) is 0 Å². The fourth-order valence-corrected chi connectivity index (χ4v) is 3.62. The monoisotopic (exact) mass is 392 g/mol. The van der Waals surface area contributed by atoms with Crippen LogP contribution in [0.5, 0.6) is 0 Å². The van der Waals surface area contributed by atoms with E-state index in [-0.39, 0.29) is 6.10 Å². The van der Waals surface area contributed by atoms with Crippen molar-refractivity contribution in [3.05, 3.63) is 29.8 Å². The quantitative estimate of drug-likeness (QED) is 0.413. The van der Waals surface area contributed by atoms with Crippen molar-refractivity contribution in [2.75, 3.05) is 13.1 Å². The molecule has 0 spiro atoms. The largest absolute Gasteiger partial charge is 0.417 e. The predicted molar refractivity (Wildman–Crippen MR) is 76.6 cm³/mol. The summed E-state index contributed by atoms with van der Waals surface area (Å²) >= 11 is 0. The van der Waals surface area contributed by atoms with Crippen molar-refractivity contribution in [2.24, 2.45) is 0 Å². The molecule has 1 N–H and O–H groups in total. The number of alkyl halides is 3. The Morgan fingerprint density at radius 2 is 1.83 bits per heavy atom. The standard InChI is InChI=1S/C12H16F3O7PS/c1-9(2)20-7-21-23(16,17)8-22-24(18,19)11-6-4-3-5-10(11)12(13,14)15/h3-6,9H,7-8H2,1-2H3,(H,16,17). The molecule has 24 heavy (non-hydrogen) atoms. The van der Waals surface area contributed by atoms with Crippen molar-refractivity contribution < 1.29 is 44.5 Å². The molecule has 0 bridgehead atoms. The van der Waals surface area contributed by atoms with Crippen molar-refractivity contribution in [3.8, 4) is 0 Å². The summed E-state index contributed by atoms with van der Waals surface area (Å²) in [5.74, 6) is 0. The molecule has 0 saturated carbocycles. The molecule has 0 aliphatic carbocycles.